The van der Waals surface area contributed by atoms with Crippen LogP contribution in [-0.4, -0.2) is 14.7 Å². The minimum absolute atomic E-state index is 0.0200. The maximum atomic E-state index is 10.3. The fourth-order valence-electron chi connectivity index (χ4n) is 0.910. The highest BCUT2D eigenvalue weighted by Crippen LogP contribution is 2.17. The molecule has 0 saturated carbocycles. The summed E-state index contributed by atoms with van der Waals surface area (Å²) in [5.41, 5.74) is 5.18. The average molecular weight is 170 g/mol. The molecule has 1 rings (SSSR count). The minimum Gasteiger partial charge on any atom is -0.376 e. The molecule has 2 N–H and O–H groups in total. The number of nitrogens with two attached hydrogens (primary N) is 1. The van der Waals surface area contributed by atoms with Crippen LogP contribution in [0.5, 0.6) is 0 Å². The van der Waals surface area contributed by atoms with E-state index < -0.39 is 4.92 Å². The molecule has 0 aliphatic rings. The number of rotatable bonds is 3. The number of nitrogens with zero attached hydrogens (tertiary/aromatic N) is 3. The number of hydrogen-bond acceptors (Lipinski definition) is 4. The third-order valence-electron chi connectivity index (χ3n) is 1.42. The van der Waals surface area contributed by atoms with Crippen LogP contribution in [-0.2, 0) is 6.54 Å². The summed E-state index contributed by atoms with van der Waals surface area (Å²) in [5, 5.41) is 14.1. The third kappa shape index (κ3) is 1.52. The van der Waals surface area contributed by atoms with Crippen molar-refractivity contribution in [2.45, 2.75) is 19.9 Å². The molecule has 0 unspecified atom stereocenters. The summed E-state index contributed by atoms with van der Waals surface area (Å²) in [5.74, 6) is -0.0200. The quantitative estimate of drug-likeness (QED) is 0.536. The summed E-state index contributed by atoms with van der Waals surface area (Å²) >= 11 is 0. The van der Waals surface area contributed by atoms with Gasteiger partial charge < -0.3 is 5.73 Å². The smallest absolute Gasteiger partial charge is 0.330 e. The van der Waals surface area contributed by atoms with Crippen molar-refractivity contribution in [3.63, 3.8) is 0 Å². The Balaban J connectivity index is 2.92. The van der Waals surface area contributed by atoms with Crippen LogP contribution in [0.15, 0.2) is 6.20 Å². The van der Waals surface area contributed by atoms with Gasteiger partial charge in [-0.15, -0.1) is 5.10 Å². The van der Waals surface area contributed by atoms with Gasteiger partial charge in [0.2, 0.25) is 5.82 Å². The molecule has 1 aromatic rings. The summed E-state index contributed by atoms with van der Waals surface area (Å²) in [6, 6.07) is 0. The molecule has 0 aliphatic heterocycles. The Morgan fingerprint density at radius 3 is 2.92 bits per heavy atom. The highest BCUT2D eigenvalue weighted by atomic mass is 16.6. The summed E-state index contributed by atoms with van der Waals surface area (Å²) in [6.45, 7) is 2.61. The molecule has 1 heterocycles. The van der Waals surface area contributed by atoms with Gasteiger partial charge in [0, 0.05) is 6.54 Å². The largest absolute Gasteiger partial charge is 0.376 e. The molecule has 0 radical (unpaired) electrons. The predicted molar refractivity (Wildman–Crippen MR) is 43.6 cm³/mol. The van der Waals surface area contributed by atoms with Crippen LogP contribution in [0.3, 0.4) is 0 Å². The van der Waals surface area contributed by atoms with Gasteiger partial charge in [0.05, 0.1) is 4.92 Å². The maximum Gasteiger partial charge on any atom is 0.330 e. The van der Waals surface area contributed by atoms with Crippen LogP contribution in [0.25, 0.3) is 0 Å². The van der Waals surface area contributed by atoms with Gasteiger partial charge in [-0.05, 0) is 6.42 Å². The second-order valence-corrected chi connectivity index (χ2v) is 2.42. The zero-order chi connectivity index (χ0) is 9.14. The lowest BCUT2D eigenvalue weighted by atomic mass is 10.5. The second-order valence-electron chi connectivity index (χ2n) is 2.42. The zero-order valence-electron chi connectivity index (χ0n) is 6.73. The Bertz CT molecular complexity index is 294. The van der Waals surface area contributed by atoms with Gasteiger partial charge in [-0.25, -0.2) is 0 Å². The molecular formula is C6H10N4O2. The molecule has 0 fully saturated rings. The lowest BCUT2D eigenvalue weighted by Gasteiger charge is -1.92. The van der Waals surface area contributed by atoms with Gasteiger partial charge in [-0.3, -0.25) is 14.8 Å². The molecule has 66 valence electrons. The number of nitro groups is 1. The fraction of sp³-hybridized carbons (Fsp3) is 0.500. The number of anilines is 1. The van der Waals surface area contributed by atoms with Crippen LogP contribution in [0.4, 0.5) is 11.5 Å². The van der Waals surface area contributed by atoms with Crippen molar-refractivity contribution in [2.24, 2.45) is 0 Å². The van der Waals surface area contributed by atoms with E-state index in [0.717, 1.165) is 6.42 Å². The first-order valence-electron chi connectivity index (χ1n) is 3.62. The monoisotopic (exact) mass is 170 g/mol. The third-order valence-corrected chi connectivity index (χ3v) is 1.42. The molecule has 6 nitrogen and oxygen atoms in total. The summed E-state index contributed by atoms with van der Waals surface area (Å²) in [4.78, 5) is 9.78. The van der Waals surface area contributed by atoms with Crippen LogP contribution in [0.2, 0.25) is 0 Å². The molecule has 0 spiro atoms. The Hall–Kier alpha value is -1.59. The van der Waals surface area contributed by atoms with E-state index in [9.17, 15) is 10.1 Å². The Morgan fingerprint density at radius 2 is 2.50 bits per heavy atom. The first-order chi connectivity index (χ1) is 5.65. The first kappa shape index (κ1) is 8.51. The van der Waals surface area contributed by atoms with Crippen LogP contribution < -0.4 is 5.73 Å². The zero-order valence-corrected chi connectivity index (χ0v) is 6.73. The van der Waals surface area contributed by atoms with Crippen molar-refractivity contribution >= 4 is 11.5 Å². The van der Waals surface area contributed by atoms with E-state index in [2.05, 4.69) is 5.10 Å². The van der Waals surface area contributed by atoms with Crippen LogP contribution in [0.1, 0.15) is 13.3 Å². The molecule has 12 heavy (non-hydrogen) atoms. The number of aromatic nitrogens is 2. The van der Waals surface area contributed by atoms with E-state index in [1.807, 2.05) is 6.92 Å². The van der Waals surface area contributed by atoms with E-state index in [1.54, 1.807) is 0 Å². The highest BCUT2D eigenvalue weighted by Gasteiger charge is 2.15. The van der Waals surface area contributed by atoms with Gasteiger partial charge in [0.1, 0.15) is 6.20 Å². The number of nitrogen functional groups attached to an aromatic ring is 1. The number of aryl methyl sites for hydroxylation is 1. The standard InChI is InChI=1S/C6H10N4O2/c1-2-3-9-4-5(10(11)12)6(7)8-9/h4H,2-3H2,1H3,(H2,7,8). The predicted octanol–water partition coefficient (Wildman–Crippen LogP) is 0.783. The molecule has 0 aromatic carbocycles. The van der Waals surface area contributed by atoms with Crippen molar-refractivity contribution < 1.29 is 4.92 Å². The number of hydrogen-bond donors (Lipinski definition) is 1. The minimum atomic E-state index is -0.533. The molecule has 0 aliphatic carbocycles. The van der Waals surface area contributed by atoms with E-state index >= 15 is 0 Å². The summed E-state index contributed by atoms with van der Waals surface area (Å²) < 4.78 is 1.48. The molecule has 0 atom stereocenters. The van der Waals surface area contributed by atoms with E-state index in [4.69, 9.17) is 5.73 Å². The SMILES string of the molecule is CCCn1cc([N+](=O)[O-])c(N)n1. The van der Waals surface area contributed by atoms with E-state index in [1.165, 1.54) is 10.9 Å². The Kier molecular flexibility index (Phi) is 2.27. The van der Waals surface area contributed by atoms with Crippen molar-refractivity contribution in [1.82, 2.24) is 9.78 Å². The lowest BCUT2D eigenvalue weighted by Crippen LogP contribution is -1.97. The molecule has 0 bridgehead atoms. The van der Waals surface area contributed by atoms with Gasteiger partial charge in [-0.1, -0.05) is 6.92 Å². The Morgan fingerprint density at radius 1 is 1.83 bits per heavy atom. The highest BCUT2D eigenvalue weighted by molar-refractivity contribution is 5.50. The second kappa shape index (κ2) is 3.21. The van der Waals surface area contributed by atoms with Gasteiger partial charge >= 0.3 is 5.69 Å². The van der Waals surface area contributed by atoms with Crippen LogP contribution in [0, 0.1) is 10.1 Å². The van der Waals surface area contributed by atoms with E-state index in [-0.39, 0.29) is 11.5 Å². The average Bonchev–Trinajstić information content (AvgIpc) is 2.32. The van der Waals surface area contributed by atoms with Crippen molar-refractivity contribution in [3.05, 3.63) is 16.3 Å². The van der Waals surface area contributed by atoms with Gasteiger partial charge in [0.25, 0.3) is 0 Å². The fourth-order valence-corrected chi connectivity index (χ4v) is 0.910. The van der Waals surface area contributed by atoms with Crippen LogP contribution >= 0.6 is 0 Å². The van der Waals surface area contributed by atoms with Crippen molar-refractivity contribution in [3.8, 4) is 0 Å². The van der Waals surface area contributed by atoms with E-state index in [0.29, 0.717) is 6.54 Å². The molecule has 1 aromatic heterocycles. The topological polar surface area (TPSA) is 87.0 Å². The lowest BCUT2D eigenvalue weighted by molar-refractivity contribution is -0.384. The molecule has 0 amide bonds. The van der Waals surface area contributed by atoms with Gasteiger partial charge in [-0.2, -0.15) is 0 Å². The molecule has 0 saturated heterocycles. The molecule has 6 heteroatoms. The van der Waals surface area contributed by atoms with Crippen molar-refractivity contribution in [2.75, 3.05) is 5.73 Å². The molecular weight excluding hydrogens is 160 g/mol. The van der Waals surface area contributed by atoms with Gasteiger partial charge in [0.15, 0.2) is 0 Å². The van der Waals surface area contributed by atoms with Crippen molar-refractivity contribution in [1.29, 1.82) is 0 Å². The summed E-state index contributed by atoms with van der Waals surface area (Å²) in [6.07, 6.45) is 2.22. The normalized spacial score (nSPS) is 10.1. The first-order valence-corrected chi connectivity index (χ1v) is 3.62. The maximum absolute atomic E-state index is 10.3. The summed E-state index contributed by atoms with van der Waals surface area (Å²) in [7, 11) is 0. The Labute approximate surface area is 69.1 Å².